The summed E-state index contributed by atoms with van der Waals surface area (Å²) in [7, 11) is 0. The number of aryl methyl sites for hydroxylation is 1. The number of carbonyl (C=O) groups excluding carboxylic acids is 2. The largest absolute Gasteiger partial charge is 0.365 e. The maximum Gasteiger partial charge on any atom is 0.267 e. The molecule has 2 rings (SSSR count). The molecule has 0 atom stereocenters. The van der Waals surface area contributed by atoms with Gasteiger partial charge in [-0.3, -0.25) is 14.9 Å². The third kappa shape index (κ3) is 3.46. The maximum absolute atomic E-state index is 11.9. The molecular formula is C13H13N3O2S3. The molecule has 2 amide bonds. The fourth-order valence-electron chi connectivity index (χ4n) is 1.72. The fraction of sp³-hybridized carbons (Fsp3) is 0.154. The van der Waals surface area contributed by atoms with Crippen LogP contribution >= 0.6 is 34.9 Å². The highest BCUT2D eigenvalue weighted by Crippen LogP contribution is 2.31. The van der Waals surface area contributed by atoms with Crippen molar-refractivity contribution in [2.45, 2.75) is 13.8 Å². The van der Waals surface area contributed by atoms with Crippen LogP contribution in [0.25, 0.3) is 0 Å². The zero-order valence-corrected chi connectivity index (χ0v) is 13.8. The number of carbonyl (C=O) groups is 2. The van der Waals surface area contributed by atoms with Crippen molar-refractivity contribution in [2.24, 2.45) is 5.73 Å². The predicted molar refractivity (Wildman–Crippen MR) is 90.3 cm³/mol. The zero-order chi connectivity index (χ0) is 15.6. The number of thiocarbonyl (C=S) groups is 1. The van der Waals surface area contributed by atoms with E-state index in [0.717, 1.165) is 10.4 Å². The Morgan fingerprint density at radius 3 is 2.62 bits per heavy atom. The molecule has 0 aliphatic carbocycles. The standard InChI is InChI=1S/C13H13N3O2S3/c1-6-7(2)21-12(9(6)10(14)17)16-13(19)15-11(18)8-4-3-5-20-8/h3-5H,1-2H3,(H2,14,17)(H2,15,16,18,19). The second-order valence-electron chi connectivity index (χ2n) is 4.24. The van der Waals surface area contributed by atoms with Crippen LogP contribution < -0.4 is 16.4 Å². The number of nitrogens with two attached hydrogens (primary N) is 1. The summed E-state index contributed by atoms with van der Waals surface area (Å²) >= 11 is 7.80. The van der Waals surface area contributed by atoms with E-state index in [0.29, 0.717) is 15.4 Å². The van der Waals surface area contributed by atoms with Gasteiger partial charge in [0, 0.05) is 4.88 Å². The Hall–Kier alpha value is -1.77. The normalized spacial score (nSPS) is 10.2. The quantitative estimate of drug-likeness (QED) is 0.751. The van der Waals surface area contributed by atoms with E-state index in [1.54, 1.807) is 12.1 Å². The molecule has 21 heavy (non-hydrogen) atoms. The van der Waals surface area contributed by atoms with Gasteiger partial charge in [-0.05, 0) is 43.1 Å². The second kappa shape index (κ2) is 6.33. The van der Waals surface area contributed by atoms with Crippen LogP contribution in [0.1, 0.15) is 30.5 Å². The van der Waals surface area contributed by atoms with Crippen molar-refractivity contribution in [1.82, 2.24) is 5.32 Å². The summed E-state index contributed by atoms with van der Waals surface area (Å²) < 4.78 is 0. The van der Waals surface area contributed by atoms with Crippen LogP contribution in [0.4, 0.5) is 5.00 Å². The van der Waals surface area contributed by atoms with Gasteiger partial charge in [-0.2, -0.15) is 0 Å². The van der Waals surface area contributed by atoms with Crippen LogP contribution in [0, 0.1) is 13.8 Å². The van der Waals surface area contributed by atoms with Gasteiger partial charge in [0.1, 0.15) is 5.00 Å². The molecule has 2 heterocycles. The first-order valence-corrected chi connectivity index (χ1v) is 8.06. The monoisotopic (exact) mass is 339 g/mol. The Kier molecular flexibility index (Phi) is 4.71. The number of primary amides is 1. The Morgan fingerprint density at radius 2 is 2.05 bits per heavy atom. The summed E-state index contributed by atoms with van der Waals surface area (Å²) in [6.45, 7) is 3.72. The van der Waals surface area contributed by atoms with Gasteiger partial charge in [0.15, 0.2) is 5.11 Å². The van der Waals surface area contributed by atoms with E-state index >= 15 is 0 Å². The molecule has 0 radical (unpaired) electrons. The smallest absolute Gasteiger partial charge is 0.267 e. The van der Waals surface area contributed by atoms with Crippen molar-refractivity contribution >= 4 is 56.8 Å². The molecule has 0 saturated heterocycles. The summed E-state index contributed by atoms with van der Waals surface area (Å²) in [5.41, 5.74) is 6.61. The lowest BCUT2D eigenvalue weighted by Crippen LogP contribution is -2.34. The van der Waals surface area contributed by atoms with Gasteiger partial charge in [-0.25, -0.2) is 0 Å². The summed E-state index contributed by atoms with van der Waals surface area (Å²) in [5, 5.41) is 7.93. The lowest BCUT2D eigenvalue weighted by molar-refractivity contribution is 0.0979. The van der Waals surface area contributed by atoms with Gasteiger partial charge in [0.05, 0.1) is 10.4 Å². The van der Waals surface area contributed by atoms with E-state index in [2.05, 4.69) is 10.6 Å². The summed E-state index contributed by atoms with van der Waals surface area (Å²) in [6, 6.07) is 3.49. The highest BCUT2D eigenvalue weighted by atomic mass is 32.1. The molecule has 5 nitrogen and oxygen atoms in total. The zero-order valence-electron chi connectivity index (χ0n) is 11.4. The number of anilines is 1. The highest BCUT2D eigenvalue weighted by molar-refractivity contribution is 7.80. The Morgan fingerprint density at radius 1 is 1.33 bits per heavy atom. The summed E-state index contributed by atoms with van der Waals surface area (Å²) in [4.78, 5) is 24.9. The van der Waals surface area contributed by atoms with Crippen LogP contribution in [-0.2, 0) is 0 Å². The van der Waals surface area contributed by atoms with Gasteiger partial charge in [0.25, 0.3) is 11.8 Å². The minimum atomic E-state index is -0.522. The number of nitrogens with one attached hydrogen (secondary N) is 2. The lowest BCUT2D eigenvalue weighted by Gasteiger charge is -2.08. The first-order chi connectivity index (χ1) is 9.90. The maximum atomic E-state index is 11.9. The molecule has 0 unspecified atom stereocenters. The molecule has 0 aromatic carbocycles. The fourth-order valence-corrected chi connectivity index (χ4v) is 3.67. The van der Waals surface area contributed by atoms with E-state index in [1.165, 1.54) is 22.7 Å². The van der Waals surface area contributed by atoms with Crippen LogP contribution in [0.5, 0.6) is 0 Å². The van der Waals surface area contributed by atoms with Crippen molar-refractivity contribution in [3.05, 3.63) is 38.4 Å². The van der Waals surface area contributed by atoms with Crippen LogP contribution in [-0.4, -0.2) is 16.9 Å². The van der Waals surface area contributed by atoms with Gasteiger partial charge in [-0.1, -0.05) is 6.07 Å². The summed E-state index contributed by atoms with van der Waals surface area (Å²) in [6.07, 6.45) is 0. The molecule has 2 aromatic heterocycles. The van der Waals surface area contributed by atoms with Crippen molar-refractivity contribution in [2.75, 3.05) is 5.32 Å². The van der Waals surface area contributed by atoms with Gasteiger partial charge < -0.3 is 11.1 Å². The van der Waals surface area contributed by atoms with Crippen molar-refractivity contribution in [3.63, 3.8) is 0 Å². The van der Waals surface area contributed by atoms with Gasteiger partial charge in [0.2, 0.25) is 0 Å². The number of hydrogen-bond donors (Lipinski definition) is 3. The predicted octanol–water partition coefficient (Wildman–Crippen LogP) is 2.65. The minimum absolute atomic E-state index is 0.136. The molecule has 8 heteroatoms. The SMILES string of the molecule is Cc1sc(NC(=S)NC(=O)c2cccs2)c(C(N)=O)c1C. The van der Waals surface area contributed by atoms with Crippen molar-refractivity contribution < 1.29 is 9.59 Å². The first kappa shape index (κ1) is 15.6. The number of amides is 2. The molecule has 0 spiro atoms. The highest BCUT2D eigenvalue weighted by Gasteiger charge is 2.18. The van der Waals surface area contributed by atoms with E-state index in [1.807, 2.05) is 19.2 Å². The van der Waals surface area contributed by atoms with E-state index < -0.39 is 5.91 Å². The molecule has 0 aliphatic heterocycles. The molecule has 2 aromatic rings. The van der Waals surface area contributed by atoms with Gasteiger partial charge in [-0.15, -0.1) is 22.7 Å². The Bertz CT molecular complexity index is 705. The molecule has 0 bridgehead atoms. The Balaban J connectivity index is 2.12. The topological polar surface area (TPSA) is 84.2 Å². The molecule has 110 valence electrons. The van der Waals surface area contributed by atoms with Crippen LogP contribution in [0.2, 0.25) is 0 Å². The Labute approximate surface area is 135 Å². The van der Waals surface area contributed by atoms with E-state index in [4.69, 9.17) is 18.0 Å². The molecular weight excluding hydrogens is 326 g/mol. The van der Waals surface area contributed by atoms with E-state index in [9.17, 15) is 9.59 Å². The third-order valence-corrected chi connectivity index (χ3v) is 5.03. The van der Waals surface area contributed by atoms with Crippen LogP contribution in [0.15, 0.2) is 17.5 Å². The minimum Gasteiger partial charge on any atom is -0.365 e. The second-order valence-corrected chi connectivity index (χ2v) is 6.82. The van der Waals surface area contributed by atoms with E-state index in [-0.39, 0.29) is 11.0 Å². The molecule has 0 fully saturated rings. The third-order valence-electron chi connectivity index (χ3n) is 2.83. The number of rotatable bonds is 3. The summed E-state index contributed by atoms with van der Waals surface area (Å²) in [5.74, 6) is -0.806. The first-order valence-electron chi connectivity index (χ1n) is 5.95. The molecule has 0 aliphatic rings. The van der Waals surface area contributed by atoms with Crippen molar-refractivity contribution in [1.29, 1.82) is 0 Å². The number of thiophene rings is 2. The average molecular weight is 339 g/mol. The van der Waals surface area contributed by atoms with Gasteiger partial charge >= 0.3 is 0 Å². The van der Waals surface area contributed by atoms with Crippen molar-refractivity contribution in [3.8, 4) is 0 Å². The number of hydrogen-bond acceptors (Lipinski definition) is 5. The molecule has 4 N–H and O–H groups in total. The average Bonchev–Trinajstić information content (AvgIpc) is 2.99. The lowest BCUT2D eigenvalue weighted by atomic mass is 10.1. The van der Waals surface area contributed by atoms with Crippen LogP contribution in [0.3, 0.4) is 0 Å². The molecule has 0 saturated carbocycles.